The standard InChI is InChI=1S/C32H33ClF2N4O2S/c1-4-38(32(41)19-5-7-22(40)13-19)21-15-27-28(26-10-9-25(36-26)18(3)34)29(23-8-6-20(35)14-24(23)33)37-31(39(27)16-21)30-17(2)11-12-42-30/h4,6,8-12,14,18-19,21-22,25,29-30,40H,1-2,5,7,13,15-16H2,3H3/t18?,19?,21?,22?,25?,29-,30?/m0/s1. The quantitative estimate of drug-likeness (QED) is 0.393. The summed E-state index contributed by atoms with van der Waals surface area (Å²) in [5.41, 5.74) is 3.80. The molecular formula is C32H33ClF2N4O2S. The molecule has 1 aromatic carbocycles. The molecule has 1 aliphatic carbocycles. The van der Waals surface area contributed by atoms with Crippen molar-refractivity contribution >= 4 is 40.8 Å². The number of rotatable bonds is 7. The smallest absolute Gasteiger partial charge is 0.230 e. The number of hydrogen-bond donors (Lipinski definition) is 1. The first-order chi connectivity index (χ1) is 20.2. The Bertz CT molecular complexity index is 1480. The summed E-state index contributed by atoms with van der Waals surface area (Å²) in [7, 11) is 0. The average Bonchev–Trinajstić information content (AvgIpc) is 3.75. The van der Waals surface area contributed by atoms with Gasteiger partial charge in [0.2, 0.25) is 5.91 Å². The molecule has 6 unspecified atom stereocenters. The van der Waals surface area contributed by atoms with Crippen LogP contribution in [-0.4, -0.2) is 68.5 Å². The summed E-state index contributed by atoms with van der Waals surface area (Å²) in [6.07, 6.45) is 7.65. The number of hydrogen-bond acceptors (Lipinski definition) is 6. The van der Waals surface area contributed by atoms with Gasteiger partial charge in [-0.25, -0.2) is 8.78 Å². The maximum Gasteiger partial charge on any atom is 0.230 e. The molecule has 220 valence electrons. The third kappa shape index (κ3) is 5.20. The normalized spacial score (nSPS) is 31.0. The fourth-order valence-electron chi connectivity index (χ4n) is 6.53. The van der Waals surface area contributed by atoms with Gasteiger partial charge in [-0.05, 0) is 61.6 Å². The highest BCUT2D eigenvalue weighted by atomic mass is 35.5. The van der Waals surface area contributed by atoms with Gasteiger partial charge in [0.15, 0.2) is 0 Å². The SMILES string of the molecule is C=CN(C(=O)C1CCC(O)C1)C1CC2=C(C3=NC(C(C)F)C=C3)[C@H](c3ccc(F)cc3Cl)N=C(C3SC=CC3=C)N2C1. The van der Waals surface area contributed by atoms with Gasteiger partial charge in [-0.3, -0.25) is 14.8 Å². The summed E-state index contributed by atoms with van der Waals surface area (Å²) in [4.78, 5) is 27.5. The summed E-state index contributed by atoms with van der Waals surface area (Å²) in [5, 5.41) is 12.2. The highest BCUT2D eigenvalue weighted by molar-refractivity contribution is 8.03. The molecule has 6 nitrogen and oxygen atoms in total. The Morgan fingerprint density at radius 1 is 1.31 bits per heavy atom. The number of amidine groups is 1. The van der Waals surface area contributed by atoms with Crippen molar-refractivity contribution in [1.29, 1.82) is 0 Å². The van der Waals surface area contributed by atoms with Gasteiger partial charge in [0, 0.05) is 40.7 Å². The van der Waals surface area contributed by atoms with Crippen molar-refractivity contribution in [1.82, 2.24) is 9.80 Å². The lowest BCUT2D eigenvalue weighted by Crippen LogP contribution is -2.44. The molecule has 6 rings (SSSR count). The number of carbonyl (C=O) groups excluding carboxylic acids is 1. The van der Waals surface area contributed by atoms with E-state index in [4.69, 9.17) is 21.6 Å². The van der Waals surface area contributed by atoms with Gasteiger partial charge in [-0.15, -0.1) is 11.8 Å². The number of carbonyl (C=O) groups is 1. The lowest BCUT2D eigenvalue weighted by Gasteiger charge is -2.36. The molecule has 1 saturated heterocycles. The maximum absolute atomic E-state index is 14.4. The first-order valence-electron chi connectivity index (χ1n) is 14.2. The van der Waals surface area contributed by atoms with Gasteiger partial charge in [0.05, 0.1) is 29.1 Å². The van der Waals surface area contributed by atoms with Crippen LogP contribution in [0.5, 0.6) is 0 Å². The van der Waals surface area contributed by atoms with E-state index in [1.54, 1.807) is 35.0 Å². The number of fused-ring (bicyclic) bond motifs is 1. The van der Waals surface area contributed by atoms with Crippen LogP contribution in [-0.2, 0) is 4.79 Å². The molecule has 0 bridgehead atoms. The molecule has 7 atom stereocenters. The first kappa shape index (κ1) is 29.1. The Balaban J connectivity index is 1.47. The van der Waals surface area contributed by atoms with Crippen LogP contribution in [0.25, 0.3) is 0 Å². The zero-order chi connectivity index (χ0) is 29.7. The van der Waals surface area contributed by atoms with E-state index in [2.05, 4.69) is 18.1 Å². The summed E-state index contributed by atoms with van der Waals surface area (Å²) >= 11 is 8.23. The largest absolute Gasteiger partial charge is 0.393 e. The fraction of sp³-hybridized carbons (Fsp3) is 0.406. The Morgan fingerprint density at radius 2 is 2.12 bits per heavy atom. The molecule has 10 heteroatoms. The van der Waals surface area contributed by atoms with Crippen molar-refractivity contribution in [2.45, 2.75) is 68.3 Å². The molecule has 4 heterocycles. The van der Waals surface area contributed by atoms with E-state index < -0.39 is 30.2 Å². The number of aliphatic hydroxyl groups is 1. The van der Waals surface area contributed by atoms with Crippen LogP contribution >= 0.6 is 23.4 Å². The van der Waals surface area contributed by atoms with Crippen molar-refractivity contribution in [2.24, 2.45) is 15.9 Å². The molecule has 42 heavy (non-hydrogen) atoms. The van der Waals surface area contributed by atoms with Gasteiger partial charge in [-0.2, -0.15) is 0 Å². The lowest BCUT2D eigenvalue weighted by atomic mass is 9.90. The number of amides is 1. The molecule has 1 aromatic rings. The summed E-state index contributed by atoms with van der Waals surface area (Å²) in [6, 6.07) is 2.78. The molecule has 1 amide bonds. The van der Waals surface area contributed by atoms with Crippen LogP contribution in [0.4, 0.5) is 8.78 Å². The number of benzene rings is 1. The van der Waals surface area contributed by atoms with E-state index in [-0.39, 0.29) is 28.1 Å². The molecule has 4 aliphatic heterocycles. The van der Waals surface area contributed by atoms with Crippen molar-refractivity contribution in [3.63, 3.8) is 0 Å². The zero-order valence-electron chi connectivity index (χ0n) is 23.3. The van der Waals surface area contributed by atoms with E-state index in [0.717, 1.165) is 22.7 Å². The molecule has 1 N–H and O–H groups in total. The zero-order valence-corrected chi connectivity index (χ0v) is 24.9. The predicted octanol–water partition coefficient (Wildman–Crippen LogP) is 6.32. The third-order valence-electron chi connectivity index (χ3n) is 8.68. The van der Waals surface area contributed by atoms with E-state index >= 15 is 0 Å². The van der Waals surface area contributed by atoms with Crippen molar-refractivity contribution < 1.29 is 18.7 Å². The second-order valence-electron chi connectivity index (χ2n) is 11.4. The van der Waals surface area contributed by atoms with E-state index in [1.807, 2.05) is 17.6 Å². The predicted molar refractivity (Wildman–Crippen MR) is 165 cm³/mol. The minimum absolute atomic E-state index is 0.0455. The molecule has 2 fully saturated rings. The van der Waals surface area contributed by atoms with Crippen molar-refractivity contribution in [3.05, 3.63) is 94.4 Å². The fourth-order valence-corrected chi connectivity index (χ4v) is 7.78. The number of alkyl halides is 1. The molecule has 0 radical (unpaired) electrons. The Morgan fingerprint density at radius 3 is 2.74 bits per heavy atom. The first-order valence-corrected chi connectivity index (χ1v) is 15.6. The van der Waals surface area contributed by atoms with Crippen molar-refractivity contribution in [2.75, 3.05) is 6.54 Å². The molecule has 1 saturated carbocycles. The van der Waals surface area contributed by atoms with Crippen LogP contribution in [0, 0.1) is 11.7 Å². The van der Waals surface area contributed by atoms with Crippen LogP contribution < -0.4 is 0 Å². The number of thioether (sulfide) groups is 1. The number of nitrogens with zero attached hydrogens (tertiary/aromatic N) is 4. The third-order valence-corrected chi connectivity index (χ3v) is 10.1. The van der Waals surface area contributed by atoms with Crippen LogP contribution in [0.15, 0.2) is 88.0 Å². The second-order valence-corrected chi connectivity index (χ2v) is 12.8. The topological polar surface area (TPSA) is 68.5 Å². The molecular weight excluding hydrogens is 578 g/mol. The molecule has 5 aliphatic rings. The monoisotopic (exact) mass is 610 g/mol. The summed E-state index contributed by atoms with van der Waals surface area (Å²) < 4.78 is 28.5. The van der Waals surface area contributed by atoms with Crippen LogP contribution in [0.1, 0.15) is 44.2 Å². The number of allylic oxidation sites excluding steroid dienone is 2. The summed E-state index contributed by atoms with van der Waals surface area (Å²) in [6.45, 7) is 10.2. The number of aliphatic hydroxyl groups excluding tert-OH is 1. The Labute approximate surface area is 253 Å². The minimum Gasteiger partial charge on any atom is -0.393 e. The van der Waals surface area contributed by atoms with E-state index in [9.17, 15) is 18.7 Å². The van der Waals surface area contributed by atoms with E-state index in [0.29, 0.717) is 43.5 Å². The average molecular weight is 611 g/mol. The summed E-state index contributed by atoms with van der Waals surface area (Å²) in [5.74, 6) is 0.0145. The number of halogens is 3. The van der Waals surface area contributed by atoms with Crippen LogP contribution in [0.2, 0.25) is 5.02 Å². The van der Waals surface area contributed by atoms with Gasteiger partial charge >= 0.3 is 0 Å². The second kappa shape index (κ2) is 11.6. The van der Waals surface area contributed by atoms with E-state index in [1.165, 1.54) is 19.1 Å². The Kier molecular flexibility index (Phi) is 8.02. The number of aliphatic imine (C=N–C) groups is 2. The Hall–Kier alpha value is -3.01. The highest BCUT2D eigenvalue weighted by Gasteiger charge is 2.46. The van der Waals surface area contributed by atoms with Gasteiger partial charge in [0.25, 0.3) is 0 Å². The van der Waals surface area contributed by atoms with Gasteiger partial charge in [0.1, 0.15) is 23.9 Å². The molecule has 0 aromatic heterocycles. The van der Waals surface area contributed by atoms with Gasteiger partial charge < -0.3 is 14.9 Å². The molecule has 0 spiro atoms. The maximum atomic E-state index is 14.4. The van der Waals surface area contributed by atoms with Crippen LogP contribution in [0.3, 0.4) is 0 Å². The lowest BCUT2D eigenvalue weighted by molar-refractivity contribution is -0.134. The highest BCUT2D eigenvalue weighted by Crippen LogP contribution is 2.46. The van der Waals surface area contributed by atoms with Crippen molar-refractivity contribution in [3.8, 4) is 0 Å². The minimum atomic E-state index is -1.17. The van der Waals surface area contributed by atoms with Gasteiger partial charge in [-0.1, -0.05) is 43.0 Å².